The minimum atomic E-state index is 0.667. The molecule has 0 fully saturated rings. The maximum Gasteiger partial charge on any atom is 0.0881 e. The first kappa shape index (κ1) is 18.5. The van der Waals surface area contributed by atoms with Gasteiger partial charge in [0.1, 0.15) is 0 Å². The van der Waals surface area contributed by atoms with Gasteiger partial charge in [-0.1, -0.05) is 60.2 Å². The molecule has 3 aromatic carbocycles. The lowest BCUT2D eigenvalue weighted by Gasteiger charge is -2.19. The molecule has 4 nitrogen and oxygen atoms in total. The van der Waals surface area contributed by atoms with E-state index < -0.39 is 0 Å². The zero-order chi connectivity index (χ0) is 19.3. The standard InChI is InChI=1S/C24H28N4/c1-18-2-4-20(5-3-18)16-28-17-27-23-11-10-22(14-24(23)28)21-8-6-19(7-9-21)15-26-13-12-25/h2-11,14,26-27H,12-13,15-17,25H2,1H3. The molecular weight excluding hydrogens is 344 g/mol. The Hall–Kier alpha value is -2.82. The van der Waals surface area contributed by atoms with E-state index in [-0.39, 0.29) is 0 Å². The average Bonchev–Trinajstić information content (AvgIpc) is 3.12. The van der Waals surface area contributed by atoms with Crippen LogP contribution in [0.2, 0.25) is 0 Å². The molecule has 0 saturated heterocycles. The lowest BCUT2D eigenvalue weighted by Crippen LogP contribution is -2.22. The van der Waals surface area contributed by atoms with E-state index in [2.05, 4.69) is 89.2 Å². The number of nitrogens with two attached hydrogens (primary N) is 1. The fourth-order valence-corrected chi connectivity index (χ4v) is 3.59. The summed E-state index contributed by atoms with van der Waals surface area (Å²) in [6.07, 6.45) is 0. The molecular formula is C24H28N4. The summed E-state index contributed by atoms with van der Waals surface area (Å²) >= 11 is 0. The van der Waals surface area contributed by atoms with Crippen molar-refractivity contribution in [3.8, 4) is 11.1 Å². The number of fused-ring (bicyclic) bond motifs is 1. The largest absolute Gasteiger partial charge is 0.366 e. The van der Waals surface area contributed by atoms with E-state index in [1.54, 1.807) is 0 Å². The SMILES string of the molecule is Cc1ccc(CN2CNc3ccc(-c4ccc(CNCCN)cc4)cc32)cc1. The van der Waals surface area contributed by atoms with E-state index in [0.717, 1.165) is 26.3 Å². The Bertz CT molecular complexity index is 916. The molecule has 0 unspecified atom stereocenters. The van der Waals surface area contributed by atoms with Crippen molar-refractivity contribution in [1.82, 2.24) is 5.32 Å². The summed E-state index contributed by atoms with van der Waals surface area (Å²) in [6.45, 7) is 6.25. The molecule has 4 N–H and O–H groups in total. The number of nitrogens with one attached hydrogen (secondary N) is 2. The second-order valence-corrected chi connectivity index (χ2v) is 7.41. The smallest absolute Gasteiger partial charge is 0.0881 e. The molecule has 0 amide bonds. The third-order valence-electron chi connectivity index (χ3n) is 5.23. The van der Waals surface area contributed by atoms with Crippen LogP contribution in [0.25, 0.3) is 11.1 Å². The summed E-state index contributed by atoms with van der Waals surface area (Å²) in [5, 5.41) is 6.84. The van der Waals surface area contributed by atoms with Crippen LogP contribution in [0.5, 0.6) is 0 Å². The van der Waals surface area contributed by atoms with Crippen molar-refractivity contribution < 1.29 is 0 Å². The van der Waals surface area contributed by atoms with Crippen molar-refractivity contribution in [3.05, 3.63) is 83.4 Å². The van der Waals surface area contributed by atoms with Crippen LogP contribution in [-0.4, -0.2) is 19.8 Å². The van der Waals surface area contributed by atoms with Gasteiger partial charge < -0.3 is 21.3 Å². The number of hydrogen-bond acceptors (Lipinski definition) is 4. The maximum atomic E-state index is 5.53. The van der Waals surface area contributed by atoms with Gasteiger partial charge in [0, 0.05) is 26.2 Å². The first-order valence-corrected chi connectivity index (χ1v) is 9.91. The number of aryl methyl sites for hydroxylation is 1. The predicted molar refractivity (Wildman–Crippen MR) is 118 cm³/mol. The van der Waals surface area contributed by atoms with E-state index in [0.29, 0.717) is 6.54 Å². The summed E-state index contributed by atoms with van der Waals surface area (Å²) in [4.78, 5) is 2.40. The van der Waals surface area contributed by atoms with Gasteiger partial charge >= 0.3 is 0 Å². The fraction of sp³-hybridized carbons (Fsp3) is 0.250. The zero-order valence-corrected chi connectivity index (χ0v) is 16.4. The average molecular weight is 373 g/mol. The number of benzene rings is 3. The van der Waals surface area contributed by atoms with Gasteiger partial charge in [-0.2, -0.15) is 0 Å². The van der Waals surface area contributed by atoms with Crippen LogP contribution in [0, 0.1) is 6.92 Å². The molecule has 1 aliphatic rings. The van der Waals surface area contributed by atoms with E-state index in [1.165, 1.54) is 39.2 Å². The van der Waals surface area contributed by atoms with Crippen molar-refractivity contribution in [2.24, 2.45) is 5.73 Å². The van der Waals surface area contributed by atoms with Crippen LogP contribution in [0.1, 0.15) is 16.7 Å². The highest BCUT2D eigenvalue weighted by molar-refractivity contribution is 5.81. The Labute approximate surface area is 167 Å². The van der Waals surface area contributed by atoms with E-state index in [1.807, 2.05) is 0 Å². The van der Waals surface area contributed by atoms with Gasteiger partial charge in [0.05, 0.1) is 18.0 Å². The van der Waals surface area contributed by atoms with Crippen molar-refractivity contribution >= 4 is 11.4 Å². The van der Waals surface area contributed by atoms with Crippen molar-refractivity contribution in [2.45, 2.75) is 20.0 Å². The van der Waals surface area contributed by atoms with Crippen molar-refractivity contribution in [2.75, 3.05) is 30.0 Å². The van der Waals surface area contributed by atoms with Crippen molar-refractivity contribution in [1.29, 1.82) is 0 Å². The molecule has 4 rings (SSSR count). The topological polar surface area (TPSA) is 53.3 Å². The molecule has 28 heavy (non-hydrogen) atoms. The Morgan fingerprint density at radius 1 is 0.929 bits per heavy atom. The van der Waals surface area contributed by atoms with Gasteiger partial charge in [-0.3, -0.25) is 0 Å². The number of rotatable bonds is 7. The van der Waals surface area contributed by atoms with E-state index in [4.69, 9.17) is 5.73 Å². The molecule has 0 radical (unpaired) electrons. The van der Waals surface area contributed by atoms with Gasteiger partial charge in [0.15, 0.2) is 0 Å². The van der Waals surface area contributed by atoms with Gasteiger partial charge in [0.25, 0.3) is 0 Å². The monoisotopic (exact) mass is 372 g/mol. The lowest BCUT2D eigenvalue weighted by atomic mass is 10.0. The fourth-order valence-electron chi connectivity index (χ4n) is 3.59. The van der Waals surface area contributed by atoms with Crippen LogP contribution in [-0.2, 0) is 13.1 Å². The van der Waals surface area contributed by atoms with Crippen LogP contribution in [0.3, 0.4) is 0 Å². The predicted octanol–water partition coefficient (Wildman–Crippen LogP) is 4.10. The summed E-state index contributed by atoms with van der Waals surface area (Å²) in [7, 11) is 0. The Morgan fingerprint density at radius 2 is 1.64 bits per heavy atom. The lowest BCUT2D eigenvalue weighted by molar-refractivity contribution is 0.695. The second-order valence-electron chi connectivity index (χ2n) is 7.41. The molecule has 3 aromatic rings. The third kappa shape index (κ3) is 4.19. The quantitative estimate of drug-likeness (QED) is 0.547. The van der Waals surface area contributed by atoms with Gasteiger partial charge in [-0.25, -0.2) is 0 Å². The summed E-state index contributed by atoms with van der Waals surface area (Å²) in [6, 6.07) is 24.3. The first-order chi connectivity index (χ1) is 13.7. The number of hydrogen-bond donors (Lipinski definition) is 3. The normalized spacial score (nSPS) is 12.7. The van der Waals surface area contributed by atoms with Gasteiger partial charge in [-0.05, 0) is 41.3 Å². The van der Waals surface area contributed by atoms with Crippen LogP contribution in [0.4, 0.5) is 11.4 Å². The van der Waals surface area contributed by atoms with Crippen molar-refractivity contribution in [3.63, 3.8) is 0 Å². The highest BCUT2D eigenvalue weighted by atomic mass is 15.3. The molecule has 0 aliphatic carbocycles. The van der Waals surface area contributed by atoms with Gasteiger partial charge in [0.2, 0.25) is 0 Å². The van der Waals surface area contributed by atoms with Crippen LogP contribution < -0.4 is 21.3 Å². The highest BCUT2D eigenvalue weighted by Gasteiger charge is 2.19. The number of anilines is 2. The Morgan fingerprint density at radius 3 is 2.39 bits per heavy atom. The molecule has 1 aliphatic heterocycles. The molecule has 4 heteroatoms. The van der Waals surface area contributed by atoms with Crippen LogP contribution in [0.15, 0.2) is 66.7 Å². The minimum absolute atomic E-state index is 0.667. The molecule has 0 aromatic heterocycles. The first-order valence-electron chi connectivity index (χ1n) is 9.91. The molecule has 0 atom stereocenters. The van der Waals surface area contributed by atoms with Crippen LogP contribution >= 0.6 is 0 Å². The van der Waals surface area contributed by atoms with E-state index in [9.17, 15) is 0 Å². The zero-order valence-electron chi connectivity index (χ0n) is 16.4. The molecule has 0 spiro atoms. The Balaban J connectivity index is 1.51. The number of nitrogens with zero attached hydrogens (tertiary/aromatic N) is 1. The molecule has 144 valence electrons. The second kappa shape index (κ2) is 8.46. The minimum Gasteiger partial charge on any atom is -0.366 e. The highest BCUT2D eigenvalue weighted by Crippen LogP contribution is 2.36. The van der Waals surface area contributed by atoms with E-state index >= 15 is 0 Å². The molecule has 0 bridgehead atoms. The Kier molecular flexibility index (Phi) is 5.60. The summed E-state index contributed by atoms with van der Waals surface area (Å²) < 4.78 is 0. The molecule has 1 heterocycles. The third-order valence-corrected chi connectivity index (χ3v) is 5.23. The maximum absolute atomic E-state index is 5.53. The summed E-state index contributed by atoms with van der Waals surface area (Å²) in [5.41, 5.74) is 14.4. The van der Waals surface area contributed by atoms with Gasteiger partial charge in [-0.15, -0.1) is 0 Å². The molecule has 0 saturated carbocycles. The summed E-state index contributed by atoms with van der Waals surface area (Å²) in [5.74, 6) is 0.